The molecule has 0 aromatic carbocycles. The zero-order valence-electron chi connectivity index (χ0n) is 9.13. The molecule has 0 amide bonds. The van der Waals surface area contributed by atoms with Gasteiger partial charge in [0.2, 0.25) is 0 Å². The van der Waals surface area contributed by atoms with Gasteiger partial charge < -0.3 is 5.11 Å². The molecule has 0 radical (unpaired) electrons. The van der Waals surface area contributed by atoms with Gasteiger partial charge in [-0.05, 0) is 19.3 Å². The fourth-order valence-electron chi connectivity index (χ4n) is 1.53. The summed E-state index contributed by atoms with van der Waals surface area (Å²) in [7, 11) is 0. The van der Waals surface area contributed by atoms with E-state index < -0.39 is 0 Å². The lowest BCUT2D eigenvalue weighted by Gasteiger charge is -2.08. The third kappa shape index (κ3) is 8.04. The maximum absolute atomic E-state index is 9.01. The van der Waals surface area contributed by atoms with Gasteiger partial charge in [0, 0.05) is 6.61 Å². The maximum atomic E-state index is 9.01. The Balaban J connectivity index is 3.28. The van der Waals surface area contributed by atoms with Gasteiger partial charge in [0.1, 0.15) is 0 Å². The van der Waals surface area contributed by atoms with Crippen LogP contribution in [0.4, 0.5) is 0 Å². The molecule has 0 aliphatic rings. The minimum absolute atomic E-state index is 0.304. The highest BCUT2D eigenvalue weighted by Crippen LogP contribution is 2.12. The summed E-state index contributed by atoms with van der Waals surface area (Å²) in [6.07, 6.45) is 11.9. The van der Waals surface area contributed by atoms with E-state index >= 15 is 0 Å². The molecule has 13 heavy (non-hydrogen) atoms. The zero-order valence-corrected chi connectivity index (χ0v) is 9.13. The predicted octanol–water partition coefficient (Wildman–Crippen LogP) is 3.53. The third-order valence-corrected chi connectivity index (χ3v) is 2.38. The monoisotopic (exact) mass is 184 g/mol. The lowest BCUT2D eigenvalue weighted by atomic mass is 10.0. The SMILES string of the molecule is CC=CC(CO)CCCCCCC. The van der Waals surface area contributed by atoms with E-state index in [0.717, 1.165) is 6.42 Å². The van der Waals surface area contributed by atoms with E-state index in [0.29, 0.717) is 12.5 Å². The number of aliphatic hydroxyl groups is 1. The second-order valence-corrected chi connectivity index (χ2v) is 3.67. The minimum atomic E-state index is 0.304. The molecular formula is C12H24O. The van der Waals surface area contributed by atoms with Gasteiger partial charge in [-0.25, -0.2) is 0 Å². The van der Waals surface area contributed by atoms with Gasteiger partial charge >= 0.3 is 0 Å². The van der Waals surface area contributed by atoms with E-state index in [-0.39, 0.29) is 0 Å². The van der Waals surface area contributed by atoms with Crippen molar-refractivity contribution in [3.05, 3.63) is 12.2 Å². The molecule has 0 heterocycles. The van der Waals surface area contributed by atoms with Crippen LogP contribution in [0, 0.1) is 5.92 Å². The van der Waals surface area contributed by atoms with E-state index in [1.54, 1.807) is 0 Å². The molecule has 0 bridgehead atoms. The highest BCUT2D eigenvalue weighted by molar-refractivity contribution is 4.84. The van der Waals surface area contributed by atoms with Crippen molar-refractivity contribution in [2.75, 3.05) is 6.61 Å². The Morgan fingerprint density at radius 1 is 1.15 bits per heavy atom. The van der Waals surface area contributed by atoms with Crippen LogP contribution in [0.1, 0.15) is 52.4 Å². The molecule has 0 aromatic rings. The fraction of sp³-hybridized carbons (Fsp3) is 0.833. The van der Waals surface area contributed by atoms with Gasteiger partial charge in [-0.1, -0.05) is 51.2 Å². The first-order valence-corrected chi connectivity index (χ1v) is 5.58. The molecule has 0 aliphatic heterocycles. The van der Waals surface area contributed by atoms with E-state index in [1.165, 1.54) is 32.1 Å². The molecule has 0 aromatic heterocycles. The van der Waals surface area contributed by atoms with Crippen LogP contribution in [0.25, 0.3) is 0 Å². The molecule has 0 saturated heterocycles. The number of hydrogen-bond donors (Lipinski definition) is 1. The van der Waals surface area contributed by atoms with Crippen LogP contribution >= 0.6 is 0 Å². The quantitative estimate of drug-likeness (QED) is 0.452. The number of unbranched alkanes of at least 4 members (excludes halogenated alkanes) is 4. The Morgan fingerprint density at radius 3 is 2.38 bits per heavy atom. The average molecular weight is 184 g/mol. The average Bonchev–Trinajstić information content (AvgIpc) is 2.16. The smallest absolute Gasteiger partial charge is 0.0493 e. The predicted molar refractivity (Wildman–Crippen MR) is 58.8 cm³/mol. The van der Waals surface area contributed by atoms with E-state index in [4.69, 9.17) is 5.11 Å². The van der Waals surface area contributed by atoms with Gasteiger partial charge in [0.25, 0.3) is 0 Å². The molecule has 1 heteroatoms. The largest absolute Gasteiger partial charge is 0.396 e. The molecule has 0 aliphatic carbocycles. The van der Waals surface area contributed by atoms with Crippen LogP contribution in [0.3, 0.4) is 0 Å². The number of allylic oxidation sites excluding steroid dienone is 1. The van der Waals surface area contributed by atoms with Crippen molar-refractivity contribution in [3.63, 3.8) is 0 Å². The van der Waals surface area contributed by atoms with Crippen LogP contribution in [-0.4, -0.2) is 11.7 Å². The van der Waals surface area contributed by atoms with Gasteiger partial charge in [-0.15, -0.1) is 0 Å². The highest BCUT2D eigenvalue weighted by Gasteiger charge is 2.01. The van der Waals surface area contributed by atoms with Crippen LogP contribution in [0.5, 0.6) is 0 Å². The lowest BCUT2D eigenvalue weighted by molar-refractivity contribution is 0.243. The summed E-state index contributed by atoms with van der Waals surface area (Å²) in [5.74, 6) is 0.395. The molecule has 0 rings (SSSR count). The molecule has 1 unspecified atom stereocenters. The Bertz CT molecular complexity index is 118. The van der Waals surface area contributed by atoms with E-state index in [9.17, 15) is 0 Å². The summed E-state index contributed by atoms with van der Waals surface area (Å²) in [5.41, 5.74) is 0. The third-order valence-electron chi connectivity index (χ3n) is 2.38. The Kier molecular flexibility index (Phi) is 9.56. The van der Waals surface area contributed by atoms with Crippen molar-refractivity contribution in [1.82, 2.24) is 0 Å². The Labute approximate surface area is 82.9 Å². The second kappa shape index (κ2) is 9.79. The van der Waals surface area contributed by atoms with Gasteiger partial charge in [0.05, 0.1) is 0 Å². The number of aliphatic hydroxyl groups excluding tert-OH is 1. The summed E-state index contributed by atoms with van der Waals surface area (Å²) in [6.45, 7) is 4.55. The summed E-state index contributed by atoms with van der Waals surface area (Å²) in [6, 6.07) is 0. The second-order valence-electron chi connectivity index (χ2n) is 3.67. The standard InChI is InChI=1S/C12H24O/c1-3-5-6-7-8-10-12(11-13)9-4-2/h4,9,12-13H,3,5-8,10-11H2,1-2H3. The first-order chi connectivity index (χ1) is 6.35. The Hall–Kier alpha value is -0.300. The molecule has 1 N–H and O–H groups in total. The van der Waals surface area contributed by atoms with Gasteiger partial charge in [-0.2, -0.15) is 0 Å². The first-order valence-electron chi connectivity index (χ1n) is 5.58. The zero-order chi connectivity index (χ0) is 9.94. The van der Waals surface area contributed by atoms with Gasteiger partial charge in [-0.3, -0.25) is 0 Å². The summed E-state index contributed by atoms with van der Waals surface area (Å²) in [4.78, 5) is 0. The van der Waals surface area contributed by atoms with Crippen molar-refractivity contribution in [1.29, 1.82) is 0 Å². The maximum Gasteiger partial charge on any atom is 0.0493 e. The minimum Gasteiger partial charge on any atom is -0.396 e. The summed E-state index contributed by atoms with van der Waals surface area (Å²) < 4.78 is 0. The molecule has 1 atom stereocenters. The normalized spacial score (nSPS) is 13.8. The van der Waals surface area contributed by atoms with Crippen molar-refractivity contribution in [2.24, 2.45) is 5.92 Å². The molecule has 0 saturated carbocycles. The molecular weight excluding hydrogens is 160 g/mol. The van der Waals surface area contributed by atoms with Crippen LogP contribution in [0.2, 0.25) is 0 Å². The van der Waals surface area contributed by atoms with Crippen LogP contribution in [-0.2, 0) is 0 Å². The van der Waals surface area contributed by atoms with Gasteiger partial charge in [0.15, 0.2) is 0 Å². The van der Waals surface area contributed by atoms with Crippen LogP contribution < -0.4 is 0 Å². The molecule has 1 nitrogen and oxygen atoms in total. The first kappa shape index (κ1) is 12.7. The van der Waals surface area contributed by atoms with Crippen molar-refractivity contribution >= 4 is 0 Å². The van der Waals surface area contributed by atoms with Crippen molar-refractivity contribution < 1.29 is 5.11 Å². The number of hydrogen-bond acceptors (Lipinski definition) is 1. The summed E-state index contributed by atoms with van der Waals surface area (Å²) in [5, 5.41) is 9.01. The highest BCUT2D eigenvalue weighted by atomic mass is 16.3. The van der Waals surface area contributed by atoms with Crippen LogP contribution in [0.15, 0.2) is 12.2 Å². The molecule has 0 spiro atoms. The van der Waals surface area contributed by atoms with E-state index in [1.807, 2.05) is 13.0 Å². The summed E-state index contributed by atoms with van der Waals surface area (Å²) >= 11 is 0. The van der Waals surface area contributed by atoms with Crippen molar-refractivity contribution in [2.45, 2.75) is 52.4 Å². The molecule has 0 fully saturated rings. The lowest BCUT2D eigenvalue weighted by Crippen LogP contribution is -2.01. The topological polar surface area (TPSA) is 20.2 Å². The number of rotatable bonds is 8. The Morgan fingerprint density at radius 2 is 1.85 bits per heavy atom. The molecule has 78 valence electrons. The van der Waals surface area contributed by atoms with Crippen molar-refractivity contribution in [3.8, 4) is 0 Å². The fourth-order valence-corrected chi connectivity index (χ4v) is 1.53. The van der Waals surface area contributed by atoms with E-state index in [2.05, 4.69) is 13.0 Å².